The molecule has 0 spiro atoms. The van der Waals surface area contributed by atoms with Crippen LogP contribution in [0.2, 0.25) is 0 Å². The fourth-order valence-corrected chi connectivity index (χ4v) is 10.9. The normalized spacial score (nSPS) is 13.3. The molecule has 1 amide bonds. The predicted molar refractivity (Wildman–Crippen MR) is 363 cm³/mol. The average molecular weight is 1130 g/mol. The Balaban J connectivity index is 3.48. The van der Waals surface area contributed by atoms with Crippen LogP contribution in [0.4, 0.5) is 0 Å². The van der Waals surface area contributed by atoms with Crippen LogP contribution in [0, 0.1) is 0 Å². The third kappa shape index (κ3) is 68.0. The number of hydrogen-bond acceptors (Lipinski definition) is 3. The maximum absolute atomic E-state index is 12.5. The van der Waals surface area contributed by atoms with Gasteiger partial charge in [-0.3, -0.25) is 4.79 Å². The van der Waals surface area contributed by atoms with Crippen molar-refractivity contribution in [2.24, 2.45) is 0 Å². The molecule has 0 aromatic carbocycles. The Labute approximate surface area is 506 Å². The number of hydrogen-bond donors (Lipinski definition) is 3. The highest BCUT2D eigenvalue weighted by Gasteiger charge is 2.18. The van der Waals surface area contributed by atoms with Gasteiger partial charge >= 0.3 is 0 Å². The summed E-state index contributed by atoms with van der Waals surface area (Å²) in [5, 5.41) is 23.3. The first-order chi connectivity index (χ1) is 40.2. The third-order valence-electron chi connectivity index (χ3n) is 16.3. The van der Waals surface area contributed by atoms with Crippen LogP contribution in [-0.4, -0.2) is 34.9 Å². The van der Waals surface area contributed by atoms with E-state index in [2.05, 4.69) is 104 Å². The van der Waals surface area contributed by atoms with Crippen LogP contribution >= 0.6 is 0 Å². The molecular formula is C77H139NO3. The Morgan fingerprint density at radius 2 is 0.556 bits per heavy atom. The Morgan fingerprint density at radius 3 is 0.864 bits per heavy atom. The molecule has 0 bridgehead atoms. The molecule has 0 rings (SSSR count). The van der Waals surface area contributed by atoms with Gasteiger partial charge in [0.1, 0.15) is 0 Å². The number of unbranched alkanes of at least 4 members (excludes halogenated alkanes) is 45. The summed E-state index contributed by atoms with van der Waals surface area (Å²) in [6.07, 6.45) is 106. The minimum absolute atomic E-state index is 0.0696. The molecule has 0 aromatic rings. The van der Waals surface area contributed by atoms with Crippen molar-refractivity contribution in [1.29, 1.82) is 0 Å². The van der Waals surface area contributed by atoms with Gasteiger partial charge in [-0.15, -0.1) is 0 Å². The summed E-state index contributed by atoms with van der Waals surface area (Å²) < 4.78 is 0. The van der Waals surface area contributed by atoms with E-state index in [9.17, 15) is 15.0 Å². The van der Waals surface area contributed by atoms with E-state index < -0.39 is 12.1 Å². The van der Waals surface area contributed by atoms with Crippen molar-refractivity contribution in [2.45, 2.75) is 379 Å². The molecule has 470 valence electrons. The van der Waals surface area contributed by atoms with Gasteiger partial charge < -0.3 is 15.5 Å². The van der Waals surface area contributed by atoms with Crippen molar-refractivity contribution in [1.82, 2.24) is 5.32 Å². The molecule has 0 saturated heterocycles. The topological polar surface area (TPSA) is 69.6 Å². The van der Waals surface area contributed by atoms with E-state index in [4.69, 9.17) is 0 Å². The lowest BCUT2D eigenvalue weighted by molar-refractivity contribution is -0.123. The van der Waals surface area contributed by atoms with Gasteiger partial charge in [0, 0.05) is 6.42 Å². The summed E-state index contributed by atoms with van der Waals surface area (Å²) in [5.41, 5.74) is 0. The van der Waals surface area contributed by atoms with Crippen molar-refractivity contribution < 1.29 is 15.0 Å². The van der Waals surface area contributed by atoms with Crippen LogP contribution < -0.4 is 5.32 Å². The number of aliphatic hydroxyl groups is 2. The number of nitrogens with one attached hydrogen (secondary N) is 1. The molecular weight excluding hydrogens is 987 g/mol. The SMILES string of the molecule is CC/C=C\C/C=C\C/C=C\C/C=C\C/C=C\C/C=C\CCCCCCCCCCCCCCCCCCCCCCC(=O)NC(CO)C(O)/C=C/CC/C=C/CCCCCCCCCCCCCCCCCCCCCCCCCC. The molecule has 81 heavy (non-hydrogen) atoms. The van der Waals surface area contributed by atoms with E-state index in [1.807, 2.05) is 6.08 Å². The van der Waals surface area contributed by atoms with Gasteiger partial charge in [0.05, 0.1) is 18.8 Å². The van der Waals surface area contributed by atoms with Gasteiger partial charge in [-0.2, -0.15) is 0 Å². The zero-order chi connectivity index (χ0) is 58.4. The fraction of sp³-hybridized carbons (Fsp3) is 0.779. The summed E-state index contributed by atoms with van der Waals surface area (Å²) >= 11 is 0. The Hall–Kier alpha value is -2.69. The summed E-state index contributed by atoms with van der Waals surface area (Å²) in [5.74, 6) is -0.0696. The highest BCUT2D eigenvalue weighted by molar-refractivity contribution is 5.76. The van der Waals surface area contributed by atoms with Crippen LogP contribution in [-0.2, 0) is 4.79 Å². The quantitative estimate of drug-likeness (QED) is 0.0420. The first-order valence-electron chi connectivity index (χ1n) is 36.0. The van der Waals surface area contributed by atoms with Gasteiger partial charge in [0.25, 0.3) is 0 Å². The van der Waals surface area contributed by atoms with Crippen LogP contribution in [0.3, 0.4) is 0 Å². The summed E-state index contributed by atoms with van der Waals surface area (Å²) in [7, 11) is 0. The molecule has 0 aliphatic carbocycles. The summed E-state index contributed by atoms with van der Waals surface area (Å²) in [6, 6.07) is -0.644. The lowest BCUT2D eigenvalue weighted by atomic mass is 10.0. The maximum Gasteiger partial charge on any atom is 0.220 e. The molecule has 3 N–H and O–H groups in total. The van der Waals surface area contributed by atoms with Crippen LogP contribution in [0.1, 0.15) is 367 Å². The number of carbonyl (C=O) groups is 1. The zero-order valence-electron chi connectivity index (χ0n) is 54.3. The fourth-order valence-electron chi connectivity index (χ4n) is 10.9. The zero-order valence-corrected chi connectivity index (χ0v) is 54.3. The molecule has 0 aliphatic rings. The third-order valence-corrected chi connectivity index (χ3v) is 16.3. The van der Waals surface area contributed by atoms with Crippen molar-refractivity contribution in [3.8, 4) is 0 Å². The number of rotatable bonds is 66. The van der Waals surface area contributed by atoms with Gasteiger partial charge in [0.15, 0.2) is 0 Å². The average Bonchev–Trinajstić information content (AvgIpc) is 3.47. The Bertz CT molecular complexity index is 1470. The molecule has 2 atom stereocenters. The first-order valence-corrected chi connectivity index (χ1v) is 36.0. The number of allylic oxidation sites excluding steroid dienone is 15. The highest BCUT2D eigenvalue weighted by Crippen LogP contribution is 2.18. The van der Waals surface area contributed by atoms with Crippen molar-refractivity contribution >= 4 is 5.91 Å². The first kappa shape index (κ1) is 78.3. The Morgan fingerprint density at radius 1 is 0.309 bits per heavy atom. The smallest absolute Gasteiger partial charge is 0.220 e. The second-order valence-electron chi connectivity index (χ2n) is 24.3. The van der Waals surface area contributed by atoms with Crippen LogP contribution in [0.15, 0.2) is 97.2 Å². The molecule has 0 fully saturated rings. The standard InChI is InChI=1S/C77H139NO3/c1-3-5-7-9-11-13-15-17-19-21-23-25-27-29-31-33-35-36-37-38-39-40-41-42-43-45-47-49-51-53-55-57-59-61-63-65-67-69-71-73-77(81)78-75(74-79)76(80)72-70-68-66-64-62-60-58-56-54-52-50-48-46-44-34-32-30-28-26-24-22-20-18-16-14-12-10-8-6-4-2/h5,7,11,13,17,19,23,25,29,31,35-36,62,64,70,72,75-76,79-80H,3-4,6,8-10,12,14-16,18,20-22,24,26-28,30,32-34,37-61,63,65-69,71,73-74H2,1-2H3,(H,78,81)/b7-5-,13-11-,19-17-,25-23-,31-29-,36-35-,64-62+,72-70+. The molecule has 0 saturated carbocycles. The molecule has 0 aliphatic heterocycles. The maximum atomic E-state index is 12.5. The Kier molecular flexibility index (Phi) is 69.2. The predicted octanol–water partition coefficient (Wildman–Crippen LogP) is 24.8. The minimum Gasteiger partial charge on any atom is -0.394 e. The van der Waals surface area contributed by atoms with E-state index in [0.717, 1.165) is 70.6 Å². The molecule has 2 unspecified atom stereocenters. The summed E-state index contributed by atoms with van der Waals surface area (Å²) in [4.78, 5) is 12.5. The molecule has 0 aromatic heterocycles. The number of amides is 1. The van der Waals surface area contributed by atoms with E-state index in [1.165, 1.54) is 276 Å². The lowest BCUT2D eigenvalue weighted by Crippen LogP contribution is -2.45. The van der Waals surface area contributed by atoms with Crippen molar-refractivity contribution in [3.63, 3.8) is 0 Å². The van der Waals surface area contributed by atoms with Gasteiger partial charge in [-0.25, -0.2) is 0 Å². The monoisotopic (exact) mass is 1130 g/mol. The molecule has 4 nitrogen and oxygen atoms in total. The van der Waals surface area contributed by atoms with E-state index in [0.29, 0.717) is 6.42 Å². The molecule has 4 heteroatoms. The van der Waals surface area contributed by atoms with Gasteiger partial charge in [-0.05, 0) is 83.5 Å². The van der Waals surface area contributed by atoms with Gasteiger partial charge in [-0.1, -0.05) is 374 Å². The van der Waals surface area contributed by atoms with Crippen molar-refractivity contribution in [2.75, 3.05) is 6.61 Å². The van der Waals surface area contributed by atoms with Crippen molar-refractivity contribution in [3.05, 3.63) is 97.2 Å². The van der Waals surface area contributed by atoms with E-state index in [-0.39, 0.29) is 12.5 Å². The number of aliphatic hydroxyl groups excluding tert-OH is 2. The van der Waals surface area contributed by atoms with E-state index >= 15 is 0 Å². The number of carbonyl (C=O) groups excluding carboxylic acids is 1. The van der Waals surface area contributed by atoms with E-state index in [1.54, 1.807) is 6.08 Å². The molecule has 0 heterocycles. The highest BCUT2D eigenvalue weighted by atomic mass is 16.3. The summed E-state index contributed by atoms with van der Waals surface area (Å²) in [6.45, 7) is 4.22. The lowest BCUT2D eigenvalue weighted by Gasteiger charge is -2.19. The molecule has 0 radical (unpaired) electrons. The minimum atomic E-state index is -0.867. The second-order valence-corrected chi connectivity index (χ2v) is 24.3. The van der Waals surface area contributed by atoms with Gasteiger partial charge in [0.2, 0.25) is 5.91 Å². The largest absolute Gasteiger partial charge is 0.394 e. The van der Waals surface area contributed by atoms with Crippen LogP contribution in [0.25, 0.3) is 0 Å². The second kappa shape index (κ2) is 71.6. The van der Waals surface area contributed by atoms with Crippen LogP contribution in [0.5, 0.6) is 0 Å².